The molecule has 0 aliphatic carbocycles. The van der Waals surface area contributed by atoms with Crippen LogP contribution in [0.25, 0.3) is 0 Å². The maximum atomic E-state index is 13.3. The lowest BCUT2D eigenvalue weighted by molar-refractivity contribution is -0.130. The van der Waals surface area contributed by atoms with Crippen molar-refractivity contribution in [3.63, 3.8) is 0 Å². The van der Waals surface area contributed by atoms with Crippen molar-refractivity contribution in [2.75, 3.05) is 18.0 Å². The van der Waals surface area contributed by atoms with Crippen molar-refractivity contribution >= 4 is 28.3 Å². The summed E-state index contributed by atoms with van der Waals surface area (Å²) in [5.74, 6) is -0.273. The highest BCUT2D eigenvalue weighted by molar-refractivity contribution is 7.14. The molecule has 0 atom stereocenters. The number of nitrogens with zero attached hydrogens (tertiary/aromatic N) is 3. The Bertz CT molecular complexity index is 777. The molecule has 2 heterocycles. The van der Waals surface area contributed by atoms with Gasteiger partial charge >= 0.3 is 0 Å². The minimum atomic E-state index is -0.305. The molecule has 25 heavy (non-hydrogen) atoms. The SMILES string of the molecule is CCN(Cc1cccc(F)c1)C(=O)Cc1csc(N2CCCC2=O)n1. The zero-order chi connectivity index (χ0) is 17.8. The molecule has 7 heteroatoms. The van der Waals surface area contributed by atoms with Gasteiger partial charge in [-0.15, -0.1) is 11.3 Å². The summed E-state index contributed by atoms with van der Waals surface area (Å²) in [6.07, 6.45) is 1.59. The van der Waals surface area contributed by atoms with Crippen molar-refractivity contribution in [2.45, 2.75) is 32.7 Å². The van der Waals surface area contributed by atoms with E-state index in [1.807, 2.05) is 12.3 Å². The van der Waals surface area contributed by atoms with E-state index in [0.717, 1.165) is 12.0 Å². The van der Waals surface area contributed by atoms with Gasteiger partial charge in [-0.05, 0) is 31.0 Å². The Morgan fingerprint density at radius 1 is 1.44 bits per heavy atom. The number of thiazole rings is 1. The third-order valence-corrected chi connectivity index (χ3v) is 5.09. The quantitative estimate of drug-likeness (QED) is 0.795. The lowest BCUT2D eigenvalue weighted by Crippen LogP contribution is -2.31. The van der Waals surface area contributed by atoms with Gasteiger partial charge in [-0.2, -0.15) is 0 Å². The molecule has 2 aromatic rings. The molecule has 1 aromatic carbocycles. The first-order valence-electron chi connectivity index (χ1n) is 8.34. The summed E-state index contributed by atoms with van der Waals surface area (Å²) in [5.41, 5.74) is 1.43. The first kappa shape index (κ1) is 17.5. The lowest BCUT2D eigenvalue weighted by atomic mass is 10.2. The van der Waals surface area contributed by atoms with Gasteiger partial charge in [-0.25, -0.2) is 9.37 Å². The van der Waals surface area contributed by atoms with Gasteiger partial charge in [0.1, 0.15) is 5.82 Å². The number of amides is 2. The maximum absolute atomic E-state index is 13.3. The van der Waals surface area contributed by atoms with Crippen LogP contribution in [0.1, 0.15) is 31.0 Å². The van der Waals surface area contributed by atoms with Crippen molar-refractivity contribution in [1.82, 2.24) is 9.88 Å². The number of likely N-dealkylation sites (N-methyl/N-ethyl adjacent to an activating group) is 1. The monoisotopic (exact) mass is 361 g/mol. The van der Waals surface area contributed by atoms with Crippen LogP contribution in [0.4, 0.5) is 9.52 Å². The zero-order valence-electron chi connectivity index (χ0n) is 14.1. The number of rotatable bonds is 6. The van der Waals surface area contributed by atoms with Crippen LogP contribution in [0.5, 0.6) is 0 Å². The van der Waals surface area contributed by atoms with Gasteiger partial charge in [0, 0.05) is 31.4 Å². The molecule has 5 nitrogen and oxygen atoms in total. The number of benzene rings is 1. The topological polar surface area (TPSA) is 53.5 Å². The standard InChI is InChI=1S/C18H20FN3O2S/c1-2-21(11-13-5-3-6-14(19)9-13)17(24)10-15-12-25-18(20-15)22-8-4-7-16(22)23/h3,5-6,9,12H,2,4,7-8,10-11H2,1H3. The molecule has 3 rings (SSSR count). The molecule has 1 fully saturated rings. The predicted molar refractivity (Wildman–Crippen MR) is 94.9 cm³/mol. The highest BCUT2D eigenvalue weighted by atomic mass is 32.1. The number of carbonyl (C=O) groups is 2. The minimum absolute atomic E-state index is 0.0589. The Morgan fingerprint density at radius 3 is 2.96 bits per heavy atom. The Morgan fingerprint density at radius 2 is 2.28 bits per heavy atom. The molecule has 0 bridgehead atoms. The summed E-state index contributed by atoms with van der Waals surface area (Å²) < 4.78 is 13.3. The number of anilines is 1. The van der Waals surface area contributed by atoms with Gasteiger partial charge in [0.05, 0.1) is 12.1 Å². The Labute approximate surface area is 150 Å². The van der Waals surface area contributed by atoms with E-state index >= 15 is 0 Å². The summed E-state index contributed by atoms with van der Waals surface area (Å²) in [6.45, 7) is 3.50. The van der Waals surface area contributed by atoms with Crippen LogP contribution in [0, 0.1) is 5.82 Å². The van der Waals surface area contributed by atoms with E-state index in [1.165, 1.54) is 23.5 Å². The molecule has 0 spiro atoms. The highest BCUT2D eigenvalue weighted by Crippen LogP contribution is 2.25. The number of hydrogen-bond donors (Lipinski definition) is 0. The van der Waals surface area contributed by atoms with Crippen LogP contribution >= 0.6 is 11.3 Å². The summed E-state index contributed by atoms with van der Waals surface area (Å²) >= 11 is 1.39. The second-order valence-corrected chi connectivity index (χ2v) is 6.82. The summed E-state index contributed by atoms with van der Waals surface area (Å²) in [4.78, 5) is 32.1. The molecule has 0 unspecified atom stereocenters. The fraction of sp³-hybridized carbons (Fsp3) is 0.389. The first-order chi connectivity index (χ1) is 12.1. The number of hydrogen-bond acceptors (Lipinski definition) is 4. The summed E-state index contributed by atoms with van der Waals surface area (Å²) in [7, 11) is 0. The molecule has 132 valence electrons. The number of carbonyl (C=O) groups excluding carboxylic acids is 2. The maximum Gasteiger partial charge on any atom is 0.228 e. The van der Waals surface area contributed by atoms with Gasteiger partial charge in [-0.1, -0.05) is 12.1 Å². The molecule has 1 aliphatic rings. The molecule has 1 saturated heterocycles. The molecule has 0 N–H and O–H groups in total. The van der Waals surface area contributed by atoms with Crippen LogP contribution in [-0.2, 0) is 22.6 Å². The van der Waals surface area contributed by atoms with E-state index in [1.54, 1.807) is 21.9 Å². The van der Waals surface area contributed by atoms with Gasteiger partial charge < -0.3 is 4.90 Å². The normalized spacial score (nSPS) is 14.2. The average molecular weight is 361 g/mol. The van der Waals surface area contributed by atoms with E-state index in [4.69, 9.17) is 0 Å². The van der Waals surface area contributed by atoms with Crippen molar-refractivity contribution in [1.29, 1.82) is 0 Å². The van der Waals surface area contributed by atoms with Gasteiger partial charge in [0.15, 0.2) is 5.13 Å². The fourth-order valence-corrected chi connectivity index (χ4v) is 3.72. The van der Waals surface area contributed by atoms with Crippen molar-refractivity contribution in [2.24, 2.45) is 0 Å². The van der Waals surface area contributed by atoms with Crippen LogP contribution < -0.4 is 4.90 Å². The smallest absolute Gasteiger partial charge is 0.228 e. The van der Waals surface area contributed by atoms with Gasteiger partial charge in [-0.3, -0.25) is 14.5 Å². The van der Waals surface area contributed by atoms with Crippen molar-refractivity contribution in [3.8, 4) is 0 Å². The number of aromatic nitrogens is 1. The second kappa shape index (κ2) is 7.74. The Kier molecular flexibility index (Phi) is 5.43. The van der Waals surface area contributed by atoms with E-state index < -0.39 is 0 Å². The molecule has 2 amide bonds. The van der Waals surface area contributed by atoms with Crippen LogP contribution in [0.3, 0.4) is 0 Å². The summed E-state index contributed by atoms with van der Waals surface area (Å²) in [6, 6.07) is 6.27. The van der Waals surface area contributed by atoms with E-state index in [0.29, 0.717) is 36.9 Å². The molecule has 1 aliphatic heterocycles. The first-order valence-corrected chi connectivity index (χ1v) is 9.21. The summed E-state index contributed by atoms with van der Waals surface area (Å²) in [5, 5.41) is 2.49. The van der Waals surface area contributed by atoms with Crippen molar-refractivity contribution < 1.29 is 14.0 Å². The van der Waals surface area contributed by atoms with E-state index in [2.05, 4.69) is 4.98 Å². The van der Waals surface area contributed by atoms with Crippen LogP contribution in [0.15, 0.2) is 29.6 Å². The second-order valence-electron chi connectivity index (χ2n) is 5.98. The van der Waals surface area contributed by atoms with Gasteiger partial charge in [0.25, 0.3) is 0 Å². The van der Waals surface area contributed by atoms with Crippen LogP contribution in [0.2, 0.25) is 0 Å². The van der Waals surface area contributed by atoms with E-state index in [9.17, 15) is 14.0 Å². The molecule has 0 saturated carbocycles. The molecular weight excluding hydrogens is 341 g/mol. The van der Waals surface area contributed by atoms with Crippen molar-refractivity contribution in [3.05, 3.63) is 46.7 Å². The van der Waals surface area contributed by atoms with Gasteiger partial charge in [0.2, 0.25) is 11.8 Å². The zero-order valence-corrected chi connectivity index (χ0v) is 14.9. The predicted octanol–water partition coefficient (Wildman–Crippen LogP) is 3.00. The third-order valence-electron chi connectivity index (χ3n) is 4.17. The Balaban J connectivity index is 1.64. The largest absolute Gasteiger partial charge is 0.338 e. The number of halogens is 1. The van der Waals surface area contributed by atoms with Crippen LogP contribution in [-0.4, -0.2) is 34.8 Å². The lowest BCUT2D eigenvalue weighted by Gasteiger charge is -2.20. The fourth-order valence-electron chi connectivity index (χ4n) is 2.85. The highest BCUT2D eigenvalue weighted by Gasteiger charge is 2.24. The average Bonchev–Trinajstić information content (AvgIpc) is 3.21. The minimum Gasteiger partial charge on any atom is -0.338 e. The molecule has 1 aromatic heterocycles. The van der Waals surface area contributed by atoms with E-state index in [-0.39, 0.29) is 24.1 Å². The Hall–Kier alpha value is -2.28. The third kappa shape index (κ3) is 4.22. The molecule has 0 radical (unpaired) electrons. The molecular formula is C18H20FN3O2S.